The third kappa shape index (κ3) is 94.2. The average Bonchev–Trinajstić information content (AvgIpc) is 0.947. The van der Waals surface area contributed by atoms with Crippen LogP contribution in [-0.4, -0.2) is 399 Å². The lowest BCUT2D eigenvalue weighted by Gasteiger charge is -2.34. The van der Waals surface area contributed by atoms with Gasteiger partial charge in [-0.15, -0.1) is 7.05 Å². The van der Waals surface area contributed by atoms with E-state index in [0.717, 1.165) is 48.6 Å². The van der Waals surface area contributed by atoms with Gasteiger partial charge in [-0.25, -0.2) is 38.4 Å². The first-order valence-corrected chi connectivity index (χ1v) is 33.2. The van der Waals surface area contributed by atoms with Crippen molar-refractivity contribution in [1.29, 1.82) is 0 Å². The molecule has 0 saturated heterocycles. The average molecular weight is 1600 g/mol. The number of esters is 12. The van der Waals surface area contributed by atoms with Crippen molar-refractivity contribution in [2.45, 2.75) is 65.0 Å². The number of methoxy groups -OCH3 is 4. The predicted molar refractivity (Wildman–Crippen MR) is 397 cm³/mol. The van der Waals surface area contributed by atoms with Gasteiger partial charge in [-0.1, -0.05) is 14.9 Å². The van der Waals surface area contributed by atoms with E-state index in [4.69, 9.17) is 66.3 Å². The molecule has 4 N–H and O–H groups in total. The molecular weight excluding hydrogens is 1460 g/mol. The summed E-state index contributed by atoms with van der Waals surface area (Å²) in [5.74, 6) is -7.39. The molecule has 0 unspecified atom stereocenters. The summed E-state index contributed by atoms with van der Waals surface area (Å²) < 4.78 is 89.4. The largest absolute Gasteiger partial charge is 0.466 e. The van der Waals surface area contributed by atoms with Crippen LogP contribution in [0.25, 0.3) is 0 Å². The van der Waals surface area contributed by atoms with Gasteiger partial charge >= 0.3 is 71.6 Å². The number of aliphatic hydroxyl groups is 4. The Morgan fingerprint density at radius 1 is 0.264 bits per heavy atom. The van der Waals surface area contributed by atoms with Crippen LogP contribution in [0.4, 0.5) is 0 Å². The Hall–Kier alpha value is -7.96. The first kappa shape index (κ1) is 118. The Morgan fingerprint density at radius 3 is 0.582 bits per heavy atom. The van der Waals surface area contributed by atoms with E-state index in [2.05, 4.69) is 26.0 Å². The van der Waals surface area contributed by atoms with Gasteiger partial charge in [0.15, 0.2) is 0 Å². The zero-order valence-electron chi connectivity index (χ0n) is 66.3. The maximum absolute atomic E-state index is 11.6. The molecule has 0 aromatic rings. The molecule has 0 fully saturated rings. The number of ether oxygens (including phenoxy) is 18. The summed E-state index contributed by atoms with van der Waals surface area (Å²) in [6, 6.07) is 0. The molecule has 0 aliphatic heterocycles. The molecule has 644 valence electrons. The summed E-state index contributed by atoms with van der Waals surface area (Å²) in [6.45, 7) is 4.78. The van der Waals surface area contributed by atoms with Crippen molar-refractivity contribution in [3.8, 4) is 0 Å². The molecule has 0 heterocycles. The number of carbonyl (C=O) groups excluding carboxylic acids is 12. The Labute approximate surface area is 650 Å². The van der Waals surface area contributed by atoms with E-state index in [-0.39, 0.29) is 161 Å². The number of aliphatic hydroxyl groups excluding tert-OH is 4. The molecule has 0 rings (SSSR count). The first-order valence-electron chi connectivity index (χ1n) is 33.2. The normalized spacial score (nSPS) is 12.2. The second-order valence-corrected chi connectivity index (χ2v) is 25.6. The highest BCUT2D eigenvalue weighted by Crippen LogP contribution is 2.06. The summed E-state index contributed by atoms with van der Waals surface area (Å²) in [5.41, 5.74) is 0. The lowest BCUT2D eigenvalue weighted by atomic mass is 10.2. The van der Waals surface area contributed by atoms with E-state index >= 15 is 0 Å². The lowest BCUT2D eigenvalue weighted by Crippen LogP contribution is -2.42. The van der Waals surface area contributed by atoms with Crippen molar-refractivity contribution < 1.29 is 181 Å². The Kier molecular flexibility index (Phi) is 77.7. The van der Waals surface area contributed by atoms with Gasteiger partial charge in [0.2, 0.25) is 0 Å². The highest BCUT2D eigenvalue weighted by molar-refractivity contribution is 5.93. The summed E-state index contributed by atoms with van der Waals surface area (Å²) in [4.78, 5) is 134. The summed E-state index contributed by atoms with van der Waals surface area (Å²) >= 11 is 0. The SMILES string of the molecule is C.C.COC(=O)/C=C/C(=O)OCCOC(=O)C[C@@H](O)C[N+](C)(C)C.COC(=O)/C=C/C(=O)OCCOCCOCCOC(=O)C[C@@H](O)C[N+](C)(C)C.COC(=O)/C=C/C(=O)OCCOCCOCCOCCOC(=O)C[C@@H](O)C[N+](C)(C)C.[CH2-][N+](C)(C)C[C@H](O)CC(=O)OCCOCCOC(=O)/C=C/C(=O)OC.[CH3-].[CH3-]. The Bertz CT molecular complexity index is 2610. The minimum atomic E-state index is -0.821. The molecule has 0 radical (unpaired) electrons. The van der Waals surface area contributed by atoms with Crippen molar-refractivity contribution >= 4 is 71.6 Å². The molecule has 0 saturated carbocycles. The van der Waals surface area contributed by atoms with Gasteiger partial charge in [0, 0.05) is 62.7 Å². The monoisotopic (exact) mass is 1600 g/mol. The quantitative estimate of drug-likeness (QED) is 0.0148. The van der Waals surface area contributed by atoms with Gasteiger partial charge in [-0.2, -0.15) is 0 Å². The molecular formula is C72H133N4O34+. The maximum atomic E-state index is 11.6. The Balaban J connectivity index is -0.000000209. The third-order valence-corrected chi connectivity index (χ3v) is 11.4. The molecule has 38 heteroatoms. The van der Waals surface area contributed by atoms with Crippen LogP contribution in [0.2, 0.25) is 0 Å². The van der Waals surface area contributed by atoms with E-state index in [1.54, 1.807) is 14.1 Å². The summed E-state index contributed by atoms with van der Waals surface area (Å²) in [5, 5.41) is 39.0. The van der Waals surface area contributed by atoms with Crippen molar-refractivity contribution in [2.75, 3.05) is 264 Å². The fraction of sp³-hybridized carbons (Fsp3) is 0.681. The van der Waals surface area contributed by atoms with Crippen molar-refractivity contribution in [3.05, 3.63) is 70.5 Å². The van der Waals surface area contributed by atoms with Gasteiger partial charge in [-0.3, -0.25) is 19.2 Å². The van der Waals surface area contributed by atoms with E-state index < -0.39 is 96.0 Å². The zero-order chi connectivity index (χ0) is 81.4. The number of likely N-dealkylation sites (N-methyl/N-ethyl adjacent to an activating group) is 4. The molecule has 0 amide bonds. The molecule has 0 aliphatic carbocycles. The smallest absolute Gasteiger partial charge is 0.331 e. The number of nitrogens with zero attached hydrogens (tertiary/aromatic N) is 4. The zero-order valence-corrected chi connectivity index (χ0v) is 66.3. The van der Waals surface area contributed by atoms with Crippen LogP contribution in [0.15, 0.2) is 48.6 Å². The van der Waals surface area contributed by atoms with Crippen LogP contribution >= 0.6 is 0 Å². The number of carbonyl (C=O) groups is 12. The van der Waals surface area contributed by atoms with Crippen LogP contribution in [-0.2, 0) is 143 Å². The Morgan fingerprint density at radius 2 is 0.409 bits per heavy atom. The predicted octanol–water partition coefficient (Wildman–Crippen LogP) is -0.529. The minimum absolute atomic E-state index is 0. The molecule has 0 aromatic heterocycles. The van der Waals surface area contributed by atoms with E-state index in [9.17, 15) is 78.0 Å². The number of rotatable bonds is 54. The molecule has 0 aliphatic rings. The summed E-state index contributed by atoms with van der Waals surface area (Å²) in [7, 11) is 29.5. The number of quaternary nitrogens is 4. The van der Waals surface area contributed by atoms with E-state index in [1.807, 2.05) is 63.4 Å². The van der Waals surface area contributed by atoms with Crippen LogP contribution in [0.3, 0.4) is 0 Å². The van der Waals surface area contributed by atoms with Gasteiger partial charge < -0.3 is 138 Å². The highest BCUT2D eigenvalue weighted by Gasteiger charge is 2.23. The van der Waals surface area contributed by atoms with Gasteiger partial charge in [0.25, 0.3) is 0 Å². The minimum Gasteiger partial charge on any atom is -0.466 e. The van der Waals surface area contributed by atoms with Gasteiger partial charge in [0.1, 0.15) is 96.9 Å². The fourth-order valence-corrected chi connectivity index (χ4v) is 7.25. The highest BCUT2D eigenvalue weighted by atomic mass is 16.6. The van der Waals surface area contributed by atoms with Crippen molar-refractivity contribution in [3.63, 3.8) is 0 Å². The van der Waals surface area contributed by atoms with Crippen LogP contribution in [0, 0.1) is 21.9 Å². The first-order chi connectivity index (χ1) is 49.5. The van der Waals surface area contributed by atoms with Crippen LogP contribution in [0.1, 0.15) is 40.5 Å². The lowest BCUT2D eigenvalue weighted by molar-refractivity contribution is -0.873. The molecule has 0 bridgehead atoms. The second-order valence-electron chi connectivity index (χ2n) is 25.6. The molecule has 110 heavy (non-hydrogen) atoms. The van der Waals surface area contributed by atoms with Gasteiger partial charge in [0.05, 0.1) is 203 Å². The standard InChI is InChI=1S/C20H36NO10.C18H32NO9.C16H27NO8.C14H24NO7.2CH4.2CH3/c1-21(2,3)16-17(22)15-20(25)31-14-12-29-10-8-27-7-9-28-11-13-30-19(24)6-5-18(23)26-4;1-19(2,3)14-15(20)13-18(23)28-12-10-26-8-7-25-9-11-27-17(22)6-5-16(21)24-4;1-17(2,3)12-13(18)11-16(21)25-10-8-23-7-9-24-15(20)6-5-14(19)22-4;1-15(2,3)10-11(16)9-14(19)22-8-7-21-13(18)6-5-12(17)20-4;;;;/h5-6,17,22H,7-16H2,1-4H3;5-6,15,20H,7-14H2,1-4H3;5-6,13,18H,1,7-12H2,2-4H3;5-6,11,16H,7-10H2,1-4H3;2*1H4;2*1H3/q2*+1;;+1;;;2*-1/b4*6-5+;;;;/t17-;15-;13-;11-;;;;/m1111..../s1. The topological polar surface area (TPSA) is 452 Å². The van der Waals surface area contributed by atoms with Gasteiger partial charge in [-0.05, 0) is 0 Å². The molecule has 4 atom stereocenters. The second kappa shape index (κ2) is 72.6. The maximum Gasteiger partial charge on any atom is 0.331 e. The fourth-order valence-electron chi connectivity index (χ4n) is 7.25. The summed E-state index contributed by atoms with van der Waals surface area (Å²) in [6.07, 6.45) is 4.22. The van der Waals surface area contributed by atoms with Crippen molar-refractivity contribution in [1.82, 2.24) is 0 Å². The van der Waals surface area contributed by atoms with Crippen LogP contribution in [0.5, 0.6) is 0 Å². The van der Waals surface area contributed by atoms with E-state index in [0.29, 0.717) is 70.5 Å². The number of hydrogen-bond acceptors (Lipinski definition) is 34. The van der Waals surface area contributed by atoms with E-state index in [1.165, 1.54) is 28.4 Å². The van der Waals surface area contributed by atoms with Crippen molar-refractivity contribution in [2.24, 2.45) is 0 Å². The molecule has 0 spiro atoms. The van der Waals surface area contributed by atoms with Crippen LogP contribution < -0.4 is 0 Å². The third-order valence-electron chi connectivity index (χ3n) is 11.4. The molecule has 0 aromatic carbocycles. The molecule has 38 nitrogen and oxygen atoms in total. The number of hydrogen-bond donors (Lipinski definition) is 4.